The van der Waals surface area contributed by atoms with E-state index in [-0.39, 0.29) is 0 Å². The number of carbonyl (C=O) groups is 1. The van der Waals surface area contributed by atoms with Crippen molar-refractivity contribution in [1.82, 2.24) is 5.43 Å². The third kappa shape index (κ3) is 6.99. The summed E-state index contributed by atoms with van der Waals surface area (Å²) in [5.74, 6) is 0.676. The van der Waals surface area contributed by atoms with Crippen LogP contribution in [0.2, 0.25) is 0 Å². The number of hydrogen-bond acceptors (Lipinski definition) is 6. The first-order valence-corrected chi connectivity index (χ1v) is 11.9. The van der Waals surface area contributed by atoms with Crippen molar-refractivity contribution >= 4 is 27.8 Å². The zero-order chi connectivity index (χ0) is 22.9. The molecule has 0 saturated heterocycles. The molecular formula is C22H29N3O5S. The topological polar surface area (TPSA) is 97.3 Å². The highest BCUT2D eigenvalue weighted by atomic mass is 32.2. The van der Waals surface area contributed by atoms with Crippen LogP contribution in [0.25, 0.3) is 0 Å². The van der Waals surface area contributed by atoms with E-state index in [9.17, 15) is 13.2 Å². The SMILES string of the molecule is CCCOc1ccc(/C=N\NC(=O)[C@@H](C)N(c2ccccc2)S(C)(=O)=O)cc1OCC. The molecule has 0 unspecified atom stereocenters. The number of benzene rings is 2. The molecule has 168 valence electrons. The van der Waals surface area contributed by atoms with Crippen LogP contribution in [-0.4, -0.2) is 46.1 Å². The van der Waals surface area contributed by atoms with E-state index < -0.39 is 22.0 Å². The molecule has 0 aliphatic rings. The van der Waals surface area contributed by atoms with Crippen LogP contribution < -0.4 is 19.2 Å². The molecule has 0 bridgehead atoms. The van der Waals surface area contributed by atoms with Crippen LogP contribution in [0.3, 0.4) is 0 Å². The van der Waals surface area contributed by atoms with Gasteiger partial charge in [-0.05, 0) is 56.2 Å². The summed E-state index contributed by atoms with van der Waals surface area (Å²) in [6.07, 6.45) is 3.40. The summed E-state index contributed by atoms with van der Waals surface area (Å²) in [4.78, 5) is 12.6. The largest absolute Gasteiger partial charge is 0.490 e. The van der Waals surface area contributed by atoms with Crippen LogP contribution in [0.5, 0.6) is 11.5 Å². The van der Waals surface area contributed by atoms with Gasteiger partial charge in [-0.3, -0.25) is 9.10 Å². The van der Waals surface area contributed by atoms with E-state index in [4.69, 9.17) is 9.47 Å². The molecule has 1 atom stereocenters. The van der Waals surface area contributed by atoms with Crippen molar-refractivity contribution in [3.63, 3.8) is 0 Å². The van der Waals surface area contributed by atoms with Crippen molar-refractivity contribution in [1.29, 1.82) is 0 Å². The monoisotopic (exact) mass is 447 g/mol. The number of rotatable bonds is 11. The van der Waals surface area contributed by atoms with Crippen molar-refractivity contribution in [3.8, 4) is 11.5 Å². The number of sulfonamides is 1. The van der Waals surface area contributed by atoms with Gasteiger partial charge in [-0.25, -0.2) is 13.8 Å². The molecule has 1 amide bonds. The van der Waals surface area contributed by atoms with Gasteiger partial charge in [-0.15, -0.1) is 0 Å². The number of carbonyl (C=O) groups excluding carboxylic acids is 1. The fourth-order valence-electron chi connectivity index (χ4n) is 2.85. The Kier molecular flexibility index (Phi) is 8.87. The van der Waals surface area contributed by atoms with E-state index in [0.717, 1.165) is 17.0 Å². The van der Waals surface area contributed by atoms with Crippen molar-refractivity contribution in [2.45, 2.75) is 33.2 Å². The number of hydrazone groups is 1. The quantitative estimate of drug-likeness (QED) is 0.421. The van der Waals surface area contributed by atoms with Gasteiger partial charge >= 0.3 is 0 Å². The van der Waals surface area contributed by atoms with Gasteiger partial charge in [0.2, 0.25) is 10.0 Å². The molecule has 2 aromatic rings. The second-order valence-electron chi connectivity index (χ2n) is 6.79. The summed E-state index contributed by atoms with van der Waals surface area (Å²) in [5.41, 5.74) is 3.51. The predicted molar refractivity (Wildman–Crippen MR) is 122 cm³/mol. The minimum Gasteiger partial charge on any atom is -0.490 e. The Labute approximate surface area is 183 Å². The second-order valence-corrected chi connectivity index (χ2v) is 8.65. The Morgan fingerprint density at radius 2 is 1.84 bits per heavy atom. The molecule has 2 rings (SSSR count). The van der Waals surface area contributed by atoms with Crippen LogP contribution in [0.15, 0.2) is 53.6 Å². The Morgan fingerprint density at radius 3 is 2.45 bits per heavy atom. The third-order valence-electron chi connectivity index (χ3n) is 4.22. The summed E-state index contributed by atoms with van der Waals surface area (Å²) < 4.78 is 36.9. The molecule has 8 nitrogen and oxygen atoms in total. The lowest BCUT2D eigenvalue weighted by Gasteiger charge is -2.27. The Morgan fingerprint density at radius 1 is 1.13 bits per heavy atom. The Bertz CT molecular complexity index is 993. The maximum Gasteiger partial charge on any atom is 0.263 e. The summed E-state index contributed by atoms with van der Waals surface area (Å²) in [5, 5.41) is 3.97. The number of hydrogen-bond donors (Lipinski definition) is 1. The molecule has 0 fully saturated rings. The maximum absolute atomic E-state index is 12.6. The second kappa shape index (κ2) is 11.4. The summed E-state index contributed by atoms with van der Waals surface area (Å²) >= 11 is 0. The highest BCUT2D eigenvalue weighted by Crippen LogP contribution is 2.28. The molecule has 0 heterocycles. The minimum absolute atomic E-state index is 0.403. The molecule has 0 aromatic heterocycles. The van der Waals surface area contributed by atoms with Crippen LogP contribution in [0, 0.1) is 0 Å². The highest BCUT2D eigenvalue weighted by Gasteiger charge is 2.28. The van der Waals surface area contributed by atoms with E-state index >= 15 is 0 Å². The Balaban J connectivity index is 2.12. The van der Waals surface area contributed by atoms with Gasteiger partial charge in [0.05, 0.1) is 31.4 Å². The van der Waals surface area contributed by atoms with Crippen LogP contribution >= 0.6 is 0 Å². The van der Waals surface area contributed by atoms with E-state index in [1.165, 1.54) is 13.1 Å². The molecule has 0 radical (unpaired) electrons. The first-order chi connectivity index (χ1) is 14.8. The van der Waals surface area contributed by atoms with Crippen molar-refractivity contribution in [2.75, 3.05) is 23.8 Å². The van der Waals surface area contributed by atoms with E-state index in [0.29, 0.717) is 36.0 Å². The molecule has 0 aliphatic carbocycles. The van der Waals surface area contributed by atoms with E-state index in [2.05, 4.69) is 10.5 Å². The van der Waals surface area contributed by atoms with Gasteiger partial charge in [0.15, 0.2) is 11.5 Å². The molecule has 2 aromatic carbocycles. The molecule has 9 heteroatoms. The van der Waals surface area contributed by atoms with Gasteiger partial charge in [0, 0.05) is 0 Å². The summed E-state index contributed by atoms with van der Waals surface area (Å²) in [6.45, 7) is 6.48. The molecular weight excluding hydrogens is 418 g/mol. The average molecular weight is 448 g/mol. The lowest BCUT2D eigenvalue weighted by molar-refractivity contribution is -0.121. The first-order valence-electron chi connectivity index (χ1n) is 10.0. The summed E-state index contributed by atoms with van der Waals surface area (Å²) in [7, 11) is -3.67. The fraction of sp³-hybridized carbons (Fsp3) is 0.364. The number of amides is 1. The van der Waals surface area contributed by atoms with Gasteiger partial charge < -0.3 is 9.47 Å². The van der Waals surface area contributed by atoms with Crippen LogP contribution in [0.1, 0.15) is 32.8 Å². The molecule has 1 N–H and O–H groups in total. The van der Waals surface area contributed by atoms with Gasteiger partial charge in [-0.1, -0.05) is 25.1 Å². The van der Waals surface area contributed by atoms with E-state index in [1.807, 2.05) is 13.8 Å². The van der Waals surface area contributed by atoms with Crippen molar-refractivity contribution in [3.05, 3.63) is 54.1 Å². The standard InChI is InChI=1S/C22H29N3O5S/c1-5-14-30-20-13-12-18(15-21(20)29-6-2)16-23-24-22(26)17(3)25(31(4,27)28)19-10-8-7-9-11-19/h7-13,15-17H,5-6,14H2,1-4H3,(H,24,26)/b23-16-/t17-/m1/s1. The van der Waals surface area contributed by atoms with Gasteiger partial charge in [0.1, 0.15) is 6.04 Å². The molecule has 0 saturated carbocycles. The number of para-hydroxylation sites is 1. The minimum atomic E-state index is -3.67. The van der Waals surface area contributed by atoms with E-state index in [1.54, 1.807) is 48.5 Å². The van der Waals surface area contributed by atoms with Gasteiger partial charge in [-0.2, -0.15) is 5.10 Å². The number of nitrogens with one attached hydrogen (secondary N) is 1. The molecule has 31 heavy (non-hydrogen) atoms. The average Bonchev–Trinajstić information content (AvgIpc) is 2.73. The van der Waals surface area contributed by atoms with Crippen LogP contribution in [-0.2, 0) is 14.8 Å². The third-order valence-corrected chi connectivity index (χ3v) is 5.46. The molecule has 0 aliphatic heterocycles. The van der Waals surface area contributed by atoms with Gasteiger partial charge in [0.25, 0.3) is 5.91 Å². The highest BCUT2D eigenvalue weighted by molar-refractivity contribution is 7.92. The Hall–Kier alpha value is -3.07. The first kappa shape index (κ1) is 24.2. The lowest BCUT2D eigenvalue weighted by Crippen LogP contribution is -2.46. The number of nitrogens with zero attached hydrogens (tertiary/aromatic N) is 2. The smallest absolute Gasteiger partial charge is 0.263 e. The van der Waals surface area contributed by atoms with Crippen LogP contribution in [0.4, 0.5) is 5.69 Å². The zero-order valence-electron chi connectivity index (χ0n) is 18.2. The van der Waals surface area contributed by atoms with Crippen molar-refractivity contribution in [2.24, 2.45) is 5.10 Å². The number of ether oxygens (including phenoxy) is 2. The van der Waals surface area contributed by atoms with Crippen molar-refractivity contribution < 1.29 is 22.7 Å². The summed E-state index contributed by atoms with van der Waals surface area (Å²) in [6, 6.07) is 12.8. The lowest BCUT2D eigenvalue weighted by atomic mass is 10.2. The number of anilines is 1. The maximum atomic E-state index is 12.6. The molecule has 0 spiro atoms. The predicted octanol–water partition coefficient (Wildman–Crippen LogP) is 3.18. The fourth-order valence-corrected chi connectivity index (χ4v) is 4.03. The zero-order valence-corrected chi connectivity index (χ0v) is 19.1. The normalized spacial score (nSPS) is 12.4.